The Labute approximate surface area is 182 Å². The summed E-state index contributed by atoms with van der Waals surface area (Å²) >= 11 is 0. The summed E-state index contributed by atoms with van der Waals surface area (Å²) in [5, 5.41) is 7.78. The molecule has 3 heterocycles. The molecule has 0 aliphatic heterocycles. The Bertz CT molecular complexity index is 1460. The molecule has 32 heavy (non-hydrogen) atoms. The molecule has 0 aliphatic carbocycles. The maximum absolute atomic E-state index is 12.8. The smallest absolute Gasteiger partial charge is 0.257 e. The minimum Gasteiger partial charge on any atom is -0.365 e. The predicted molar refractivity (Wildman–Crippen MR) is 123 cm³/mol. The number of hydrogen-bond acceptors (Lipinski definition) is 6. The zero-order valence-electron chi connectivity index (χ0n) is 16.9. The number of pyridine rings is 1. The van der Waals surface area contributed by atoms with Crippen LogP contribution in [0.3, 0.4) is 0 Å². The van der Waals surface area contributed by atoms with Crippen molar-refractivity contribution in [3.63, 3.8) is 0 Å². The highest BCUT2D eigenvalue weighted by molar-refractivity contribution is 6.12. The van der Waals surface area contributed by atoms with Crippen LogP contribution in [0.25, 0.3) is 21.9 Å². The molecule has 0 fully saturated rings. The largest absolute Gasteiger partial charge is 0.365 e. The van der Waals surface area contributed by atoms with E-state index in [2.05, 4.69) is 30.6 Å². The van der Waals surface area contributed by atoms with Gasteiger partial charge in [0.15, 0.2) is 6.29 Å². The molecule has 0 unspecified atom stereocenters. The van der Waals surface area contributed by atoms with Gasteiger partial charge in [0.25, 0.3) is 5.91 Å². The van der Waals surface area contributed by atoms with Crippen LogP contribution < -0.4 is 10.6 Å². The lowest BCUT2D eigenvalue weighted by Crippen LogP contribution is -2.12. The van der Waals surface area contributed by atoms with Crippen molar-refractivity contribution in [2.24, 2.45) is 0 Å². The lowest BCUT2D eigenvalue weighted by Gasteiger charge is -2.11. The molecule has 0 saturated heterocycles. The number of amides is 1. The lowest BCUT2D eigenvalue weighted by molar-refractivity contribution is 0.102. The summed E-state index contributed by atoms with van der Waals surface area (Å²) in [4.78, 5) is 39.8. The molecule has 0 atom stereocenters. The molecule has 3 aromatic heterocycles. The van der Waals surface area contributed by atoms with E-state index in [0.717, 1.165) is 22.6 Å². The Balaban J connectivity index is 1.33. The van der Waals surface area contributed by atoms with Crippen LogP contribution in [0.15, 0.2) is 73.3 Å². The maximum atomic E-state index is 12.8. The third-order valence-corrected chi connectivity index (χ3v) is 5.16. The molecular weight excluding hydrogens is 404 g/mol. The normalized spacial score (nSPS) is 10.9. The van der Waals surface area contributed by atoms with Gasteiger partial charge in [-0.3, -0.25) is 9.59 Å². The molecule has 2 aromatic carbocycles. The van der Waals surface area contributed by atoms with Crippen molar-refractivity contribution >= 4 is 45.6 Å². The van der Waals surface area contributed by atoms with Crippen LogP contribution in [0.4, 0.5) is 11.5 Å². The fourth-order valence-corrected chi connectivity index (χ4v) is 3.63. The minimum atomic E-state index is -0.211. The van der Waals surface area contributed by atoms with E-state index in [9.17, 15) is 9.59 Å². The Kier molecular flexibility index (Phi) is 5.01. The van der Waals surface area contributed by atoms with Crippen LogP contribution in [0.5, 0.6) is 0 Å². The van der Waals surface area contributed by atoms with Gasteiger partial charge in [0, 0.05) is 41.0 Å². The van der Waals surface area contributed by atoms with E-state index >= 15 is 0 Å². The molecule has 1 amide bonds. The number of H-pyrrole nitrogens is 1. The fourth-order valence-electron chi connectivity index (χ4n) is 3.63. The van der Waals surface area contributed by atoms with Gasteiger partial charge in [-0.25, -0.2) is 15.0 Å². The number of rotatable bonds is 6. The number of anilines is 2. The number of nitrogens with zero attached hydrogens (tertiary/aromatic N) is 3. The van der Waals surface area contributed by atoms with Crippen LogP contribution in [-0.4, -0.2) is 32.1 Å². The monoisotopic (exact) mass is 422 g/mol. The van der Waals surface area contributed by atoms with E-state index in [0.29, 0.717) is 40.3 Å². The van der Waals surface area contributed by atoms with Crippen LogP contribution in [0, 0.1) is 0 Å². The highest BCUT2D eigenvalue weighted by Gasteiger charge is 2.13. The minimum absolute atomic E-state index is 0.211. The average Bonchev–Trinajstić information content (AvgIpc) is 3.27. The van der Waals surface area contributed by atoms with Crippen molar-refractivity contribution in [3.05, 3.63) is 90.0 Å². The molecule has 3 N–H and O–H groups in total. The van der Waals surface area contributed by atoms with Crippen LogP contribution in [0.2, 0.25) is 0 Å². The van der Waals surface area contributed by atoms with E-state index in [1.165, 1.54) is 6.33 Å². The van der Waals surface area contributed by atoms with Crippen molar-refractivity contribution in [3.8, 4) is 0 Å². The summed E-state index contributed by atoms with van der Waals surface area (Å²) < 4.78 is 0. The van der Waals surface area contributed by atoms with E-state index in [1.807, 2.05) is 36.4 Å². The number of hydrogen-bond donors (Lipinski definition) is 3. The van der Waals surface area contributed by atoms with Crippen molar-refractivity contribution < 1.29 is 9.59 Å². The molecule has 0 radical (unpaired) electrons. The summed E-state index contributed by atoms with van der Waals surface area (Å²) in [6.45, 7) is 0.484. The molecule has 8 nitrogen and oxygen atoms in total. The number of carbonyl (C=O) groups excluding carboxylic acids is 2. The third-order valence-electron chi connectivity index (χ3n) is 5.16. The number of nitrogens with one attached hydrogen (secondary N) is 3. The summed E-state index contributed by atoms with van der Waals surface area (Å²) in [6, 6.07) is 16.6. The van der Waals surface area contributed by atoms with E-state index in [-0.39, 0.29) is 5.91 Å². The summed E-state index contributed by atoms with van der Waals surface area (Å²) in [5.41, 5.74) is 3.98. The van der Waals surface area contributed by atoms with Crippen LogP contribution in [-0.2, 0) is 6.54 Å². The fraction of sp³-hybridized carbons (Fsp3) is 0.0417. The van der Waals surface area contributed by atoms with Gasteiger partial charge < -0.3 is 15.6 Å². The van der Waals surface area contributed by atoms with Gasteiger partial charge in [-0.15, -0.1) is 0 Å². The van der Waals surface area contributed by atoms with Gasteiger partial charge >= 0.3 is 0 Å². The van der Waals surface area contributed by atoms with Crippen molar-refractivity contribution in [1.29, 1.82) is 0 Å². The molecule has 5 aromatic rings. The average molecular weight is 422 g/mol. The third kappa shape index (κ3) is 3.65. The van der Waals surface area contributed by atoms with Gasteiger partial charge in [-0.1, -0.05) is 18.2 Å². The van der Waals surface area contributed by atoms with Gasteiger partial charge in [0.05, 0.1) is 11.1 Å². The Hall–Kier alpha value is -4.59. The quantitative estimate of drug-likeness (QED) is 0.354. The topological polar surface area (TPSA) is 113 Å². The molecule has 156 valence electrons. The van der Waals surface area contributed by atoms with E-state index in [1.54, 1.807) is 30.6 Å². The molecule has 0 spiro atoms. The number of aromatic nitrogens is 4. The first-order chi connectivity index (χ1) is 15.7. The maximum Gasteiger partial charge on any atom is 0.257 e. The predicted octanol–water partition coefficient (Wildman–Crippen LogP) is 4.18. The molecule has 8 heteroatoms. The number of aldehydes is 1. The molecule has 5 rings (SSSR count). The van der Waals surface area contributed by atoms with E-state index in [4.69, 9.17) is 0 Å². The number of fused-ring (bicyclic) bond motifs is 2. The van der Waals surface area contributed by atoms with Crippen LogP contribution >= 0.6 is 0 Å². The van der Waals surface area contributed by atoms with Gasteiger partial charge in [-0.05, 0) is 42.0 Å². The van der Waals surface area contributed by atoms with Crippen LogP contribution in [0.1, 0.15) is 26.3 Å². The summed E-state index contributed by atoms with van der Waals surface area (Å²) in [5.74, 6) is 0.428. The highest BCUT2D eigenvalue weighted by atomic mass is 16.1. The Morgan fingerprint density at radius 2 is 1.88 bits per heavy atom. The first kappa shape index (κ1) is 19.4. The van der Waals surface area contributed by atoms with E-state index < -0.39 is 0 Å². The molecular formula is C24H18N6O2. The Morgan fingerprint density at radius 1 is 1.00 bits per heavy atom. The van der Waals surface area contributed by atoms with Gasteiger partial charge in [-0.2, -0.15) is 0 Å². The van der Waals surface area contributed by atoms with Crippen molar-refractivity contribution in [2.45, 2.75) is 6.54 Å². The zero-order valence-corrected chi connectivity index (χ0v) is 16.9. The number of carbonyl (C=O) groups is 2. The standard InChI is InChI=1S/C24H18N6O2/c31-13-16-5-2-7-19-21(16)28-14-29-23(19)26-11-15-4-1-6-17(10-15)30-24(32)20-12-27-22-18(20)8-3-9-25-22/h1-10,12-14H,11H2,(H,25,27)(H,30,32)(H,26,28,29). The first-order valence-corrected chi connectivity index (χ1v) is 9.98. The number of para-hydroxylation sites is 1. The second-order valence-electron chi connectivity index (χ2n) is 7.19. The number of benzene rings is 2. The molecule has 0 saturated carbocycles. The summed E-state index contributed by atoms with van der Waals surface area (Å²) in [6.07, 6.45) is 5.56. The second kappa shape index (κ2) is 8.27. The van der Waals surface area contributed by atoms with Gasteiger partial charge in [0.1, 0.15) is 17.8 Å². The molecule has 0 bridgehead atoms. The van der Waals surface area contributed by atoms with Crippen molar-refractivity contribution in [1.82, 2.24) is 19.9 Å². The number of aromatic amines is 1. The molecule has 0 aliphatic rings. The highest BCUT2D eigenvalue weighted by Crippen LogP contribution is 2.23. The van der Waals surface area contributed by atoms with Crippen molar-refractivity contribution in [2.75, 3.05) is 10.6 Å². The lowest BCUT2D eigenvalue weighted by atomic mass is 10.1. The summed E-state index contributed by atoms with van der Waals surface area (Å²) in [7, 11) is 0. The SMILES string of the molecule is O=Cc1cccc2c(NCc3cccc(NC(=O)c4c[nH]c5ncccc45)c3)ncnc12. The first-order valence-electron chi connectivity index (χ1n) is 9.98. The zero-order chi connectivity index (χ0) is 21.9. The van der Waals surface area contributed by atoms with Gasteiger partial charge in [0.2, 0.25) is 0 Å². The second-order valence-corrected chi connectivity index (χ2v) is 7.19. The Morgan fingerprint density at radius 3 is 2.78 bits per heavy atom.